The number of aryl methyl sites for hydroxylation is 1. The first-order valence-electron chi connectivity index (χ1n) is 7.64. The zero-order valence-electron chi connectivity index (χ0n) is 14.2. The first-order valence-corrected chi connectivity index (χ1v) is 8.45. The number of carbonyl (C=O) groups excluding carboxylic acids is 1. The van der Waals surface area contributed by atoms with Crippen LogP contribution in [-0.4, -0.2) is 33.9 Å². The quantitative estimate of drug-likeness (QED) is 0.810. The van der Waals surface area contributed by atoms with Gasteiger partial charge in [-0.2, -0.15) is 0 Å². The van der Waals surface area contributed by atoms with Crippen molar-refractivity contribution in [3.63, 3.8) is 0 Å². The Morgan fingerprint density at radius 2 is 2.13 bits per heavy atom. The molecule has 0 saturated carbocycles. The van der Waals surface area contributed by atoms with Crippen molar-refractivity contribution < 1.29 is 9.53 Å². The van der Waals surface area contributed by atoms with Crippen molar-refractivity contribution in [2.75, 3.05) is 7.11 Å². The molecule has 0 bridgehead atoms. The van der Waals surface area contributed by atoms with Gasteiger partial charge in [0, 0.05) is 32.1 Å². The molecular weight excluding hydrogens is 310 g/mol. The maximum atomic E-state index is 13.0. The maximum absolute atomic E-state index is 13.0. The fourth-order valence-electron chi connectivity index (χ4n) is 2.20. The van der Waals surface area contributed by atoms with Crippen molar-refractivity contribution in [1.82, 2.24) is 14.9 Å². The van der Waals surface area contributed by atoms with Crippen LogP contribution in [0.25, 0.3) is 0 Å². The van der Waals surface area contributed by atoms with Gasteiger partial charge in [-0.05, 0) is 39.3 Å². The highest BCUT2D eigenvalue weighted by Gasteiger charge is 2.25. The lowest BCUT2D eigenvalue weighted by atomic mass is 10.2. The van der Waals surface area contributed by atoms with Crippen LogP contribution in [0.1, 0.15) is 52.8 Å². The Bertz CT molecular complexity index is 655. The zero-order valence-corrected chi connectivity index (χ0v) is 15.1. The van der Waals surface area contributed by atoms with Gasteiger partial charge in [-0.25, -0.2) is 4.98 Å². The molecule has 1 atom stereocenters. The molecule has 0 radical (unpaired) electrons. The summed E-state index contributed by atoms with van der Waals surface area (Å²) in [4.78, 5) is 24.1. The highest BCUT2D eigenvalue weighted by Crippen LogP contribution is 2.27. The van der Waals surface area contributed by atoms with E-state index in [1.54, 1.807) is 19.5 Å². The van der Waals surface area contributed by atoms with Crippen LogP contribution in [0.15, 0.2) is 24.5 Å². The summed E-state index contributed by atoms with van der Waals surface area (Å²) < 4.78 is 5.30. The summed E-state index contributed by atoms with van der Waals surface area (Å²) in [7, 11) is 1.64. The molecule has 2 aromatic rings. The van der Waals surface area contributed by atoms with Crippen LogP contribution in [0.5, 0.6) is 0 Å². The zero-order chi connectivity index (χ0) is 17.0. The van der Waals surface area contributed by atoms with Crippen molar-refractivity contribution in [2.45, 2.75) is 46.4 Å². The first-order chi connectivity index (χ1) is 10.9. The number of aromatic nitrogens is 2. The molecule has 0 saturated heterocycles. The molecule has 0 fully saturated rings. The molecule has 2 rings (SSSR count). The van der Waals surface area contributed by atoms with Crippen LogP contribution in [0.3, 0.4) is 0 Å². The monoisotopic (exact) mass is 333 g/mol. The van der Waals surface area contributed by atoms with Gasteiger partial charge in [0.1, 0.15) is 16.0 Å². The van der Waals surface area contributed by atoms with Gasteiger partial charge in [0.25, 0.3) is 5.91 Å². The van der Waals surface area contributed by atoms with Crippen LogP contribution in [0, 0.1) is 6.92 Å². The molecule has 0 aromatic carbocycles. The van der Waals surface area contributed by atoms with Crippen molar-refractivity contribution >= 4 is 17.2 Å². The van der Waals surface area contributed by atoms with E-state index in [1.165, 1.54) is 11.3 Å². The van der Waals surface area contributed by atoms with Crippen molar-refractivity contribution in [2.24, 2.45) is 0 Å². The highest BCUT2D eigenvalue weighted by atomic mass is 32.1. The molecule has 1 amide bonds. The second kappa shape index (κ2) is 7.66. The van der Waals surface area contributed by atoms with Crippen LogP contribution < -0.4 is 0 Å². The van der Waals surface area contributed by atoms with Crippen molar-refractivity contribution in [3.8, 4) is 0 Å². The lowest BCUT2D eigenvalue weighted by Gasteiger charge is -2.26. The molecule has 2 aromatic heterocycles. The van der Waals surface area contributed by atoms with Crippen LogP contribution >= 0.6 is 11.3 Å². The number of rotatable bonds is 6. The molecule has 0 aliphatic rings. The topological polar surface area (TPSA) is 55.3 Å². The Morgan fingerprint density at radius 1 is 1.39 bits per heavy atom. The van der Waals surface area contributed by atoms with E-state index in [9.17, 15) is 4.79 Å². The van der Waals surface area contributed by atoms with Gasteiger partial charge < -0.3 is 9.64 Å². The van der Waals surface area contributed by atoms with Crippen LogP contribution in [0.2, 0.25) is 0 Å². The van der Waals surface area contributed by atoms with Crippen LogP contribution in [-0.2, 0) is 11.3 Å². The van der Waals surface area contributed by atoms with Gasteiger partial charge in [-0.3, -0.25) is 9.78 Å². The molecule has 124 valence electrons. The minimum absolute atomic E-state index is 0.00778. The largest absolute Gasteiger partial charge is 0.375 e. The Labute approximate surface area is 141 Å². The van der Waals surface area contributed by atoms with E-state index in [4.69, 9.17) is 4.74 Å². The number of hydrogen-bond acceptors (Lipinski definition) is 5. The third-order valence-corrected chi connectivity index (χ3v) is 4.98. The summed E-state index contributed by atoms with van der Waals surface area (Å²) in [6, 6.07) is 3.95. The van der Waals surface area contributed by atoms with Crippen molar-refractivity contribution in [1.29, 1.82) is 0 Å². The third-order valence-electron chi connectivity index (χ3n) is 3.67. The van der Waals surface area contributed by atoms with E-state index in [2.05, 4.69) is 9.97 Å². The number of ether oxygens (including phenoxy) is 1. The Morgan fingerprint density at radius 3 is 2.70 bits per heavy atom. The van der Waals surface area contributed by atoms with E-state index in [1.807, 2.05) is 44.7 Å². The number of amides is 1. The third kappa shape index (κ3) is 4.14. The lowest BCUT2D eigenvalue weighted by molar-refractivity contribution is 0.0694. The molecular formula is C17H23N3O2S. The van der Waals surface area contributed by atoms with Gasteiger partial charge in [0.15, 0.2) is 0 Å². The molecule has 6 heteroatoms. The number of hydrogen-bond donors (Lipinski definition) is 0. The minimum atomic E-state index is -0.105. The van der Waals surface area contributed by atoms with E-state index < -0.39 is 0 Å². The fourth-order valence-corrected chi connectivity index (χ4v) is 3.25. The number of pyridine rings is 1. The highest BCUT2D eigenvalue weighted by molar-refractivity contribution is 7.13. The Balaban J connectivity index is 2.26. The Hall–Kier alpha value is -1.79. The van der Waals surface area contributed by atoms with E-state index in [0.717, 1.165) is 16.3 Å². The molecule has 0 unspecified atom stereocenters. The van der Waals surface area contributed by atoms with E-state index >= 15 is 0 Å². The fraction of sp³-hybridized carbons (Fsp3) is 0.471. The summed E-state index contributed by atoms with van der Waals surface area (Å²) >= 11 is 1.41. The molecule has 0 aliphatic heterocycles. The van der Waals surface area contributed by atoms with Gasteiger partial charge in [0.2, 0.25) is 0 Å². The molecule has 2 heterocycles. The SMILES string of the molecule is CO[C@@H](C)c1nc(C)c(C(=O)N(Cc2cccnc2)C(C)C)s1. The number of methoxy groups -OCH3 is 1. The standard InChI is InChI=1S/C17H23N3O2S/c1-11(2)20(10-14-7-6-8-18-9-14)17(21)15-12(3)19-16(23-15)13(4)22-5/h6-9,11,13H,10H2,1-5H3/t13-/m0/s1. The van der Waals surface area contributed by atoms with E-state index in [-0.39, 0.29) is 18.1 Å². The summed E-state index contributed by atoms with van der Waals surface area (Å²) in [6.07, 6.45) is 3.42. The molecule has 5 nitrogen and oxygen atoms in total. The summed E-state index contributed by atoms with van der Waals surface area (Å²) in [6.45, 7) is 8.38. The average Bonchev–Trinajstić information content (AvgIpc) is 2.94. The number of thiazole rings is 1. The average molecular weight is 333 g/mol. The maximum Gasteiger partial charge on any atom is 0.266 e. The second-order valence-electron chi connectivity index (χ2n) is 5.73. The summed E-state index contributed by atoms with van der Waals surface area (Å²) in [5.41, 5.74) is 1.78. The molecule has 0 N–H and O–H groups in total. The molecule has 0 spiro atoms. The Kier molecular flexibility index (Phi) is 5.85. The van der Waals surface area contributed by atoms with Crippen LogP contribution in [0.4, 0.5) is 0 Å². The van der Waals surface area contributed by atoms with E-state index in [0.29, 0.717) is 11.4 Å². The lowest BCUT2D eigenvalue weighted by Crippen LogP contribution is -2.36. The predicted molar refractivity (Wildman–Crippen MR) is 91.5 cm³/mol. The van der Waals surface area contributed by atoms with Crippen molar-refractivity contribution in [3.05, 3.63) is 45.7 Å². The van der Waals surface area contributed by atoms with Gasteiger partial charge in [0.05, 0.1) is 5.69 Å². The number of carbonyl (C=O) groups is 1. The van der Waals surface area contributed by atoms with Gasteiger partial charge in [-0.15, -0.1) is 11.3 Å². The second-order valence-corrected chi connectivity index (χ2v) is 6.76. The molecule has 23 heavy (non-hydrogen) atoms. The van der Waals surface area contributed by atoms with Gasteiger partial charge in [-0.1, -0.05) is 6.07 Å². The predicted octanol–water partition coefficient (Wildman–Crippen LogP) is 3.60. The minimum Gasteiger partial charge on any atom is -0.375 e. The first kappa shape index (κ1) is 17.6. The smallest absolute Gasteiger partial charge is 0.266 e. The van der Waals surface area contributed by atoms with Gasteiger partial charge >= 0.3 is 0 Å². The normalized spacial score (nSPS) is 12.4. The summed E-state index contributed by atoms with van der Waals surface area (Å²) in [5.74, 6) is 0.00778. The summed E-state index contributed by atoms with van der Waals surface area (Å²) in [5, 5.41) is 0.832. The number of nitrogens with zero attached hydrogens (tertiary/aromatic N) is 3. The molecule has 0 aliphatic carbocycles.